The van der Waals surface area contributed by atoms with E-state index in [1.54, 1.807) is 6.07 Å². The third-order valence-corrected chi connectivity index (χ3v) is 10.1. The quantitative estimate of drug-likeness (QED) is 0.715. The van der Waals surface area contributed by atoms with Gasteiger partial charge in [-0.15, -0.1) is 0 Å². The van der Waals surface area contributed by atoms with E-state index in [9.17, 15) is 13.2 Å². The Morgan fingerprint density at radius 3 is 2.39 bits per heavy atom. The summed E-state index contributed by atoms with van der Waals surface area (Å²) in [5, 5.41) is 3.69. The standard InChI is InChI=1S/C23H31ClN2O4S/c1-30-21-5-4-19(10-20(21)24)31(28,29)26-6-2-3-18(14-26)22(27)25-23-11-15-7-16(12-23)9-17(8-15)13-23/h4-5,10,15-18H,2-3,6-9,11-14H2,1H3,(H,25,27)/t15?,16?,17?,18-,23?/m1/s1. The van der Waals surface area contributed by atoms with E-state index in [2.05, 4.69) is 5.32 Å². The summed E-state index contributed by atoms with van der Waals surface area (Å²) >= 11 is 6.15. The van der Waals surface area contributed by atoms with Crippen LogP contribution >= 0.6 is 11.6 Å². The molecule has 1 aliphatic heterocycles. The monoisotopic (exact) mass is 466 g/mol. The molecular weight excluding hydrogens is 436 g/mol. The lowest BCUT2D eigenvalue weighted by Crippen LogP contribution is -2.61. The maximum Gasteiger partial charge on any atom is 0.243 e. The van der Waals surface area contributed by atoms with Crippen LogP contribution in [0, 0.1) is 23.7 Å². The van der Waals surface area contributed by atoms with Crippen molar-refractivity contribution in [1.29, 1.82) is 0 Å². The average molecular weight is 467 g/mol. The highest BCUT2D eigenvalue weighted by atomic mass is 35.5. The Kier molecular flexibility index (Phi) is 5.50. The zero-order valence-corrected chi connectivity index (χ0v) is 19.6. The molecule has 6 nitrogen and oxygen atoms in total. The lowest BCUT2D eigenvalue weighted by Gasteiger charge is -2.57. The minimum atomic E-state index is -3.72. The molecule has 170 valence electrons. The number of nitrogens with one attached hydrogen (secondary N) is 1. The van der Waals surface area contributed by atoms with Crippen molar-refractivity contribution in [3.05, 3.63) is 23.2 Å². The van der Waals surface area contributed by atoms with Crippen molar-refractivity contribution in [2.75, 3.05) is 20.2 Å². The largest absolute Gasteiger partial charge is 0.495 e. The van der Waals surface area contributed by atoms with Crippen molar-refractivity contribution in [3.63, 3.8) is 0 Å². The van der Waals surface area contributed by atoms with E-state index in [-0.39, 0.29) is 33.8 Å². The number of carbonyl (C=O) groups is 1. The second kappa shape index (κ2) is 7.92. The Labute approximate surface area is 189 Å². The molecule has 31 heavy (non-hydrogen) atoms. The van der Waals surface area contributed by atoms with Crippen molar-refractivity contribution in [2.24, 2.45) is 23.7 Å². The highest BCUT2D eigenvalue weighted by Gasteiger charge is 2.52. The molecule has 0 unspecified atom stereocenters. The maximum absolute atomic E-state index is 13.3. The summed E-state index contributed by atoms with van der Waals surface area (Å²) in [5.41, 5.74) is -0.0451. The Hall–Kier alpha value is -1.31. The number of piperidine rings is 1. The first-order valence-electron chi connectivity index (χ1n) is 11.4. The third kappa shape index (κ3) is 3.98. The van der Waals surface area contributed by atoms with Crippen molar-refractivity contribution >= 4 is 27.5 Å². The zero-order valence-electron chi connectivity index (χ0n) is 18.0. The number of nitrogens with zero attached hydrogens (tertiary/aromatic N) is 1. The molecular formula is C23H31ClN2O4S. The van der Waals surface area contributed by atoms with Crippen molar-refractivity contribution in [3.8, 4) is 5.75 Å². The minimum absolute atomic E-state index is 0.0367. The topological polar surface area (TPSA) is 75.7 Å². The smallest absolute Gasteiger partial charge is 0.243 e. The molecule has 0 aromatic heterocycles. The Balaban J connectivity index is 1.29. The molecule has 1 heterocycles. The molecule has 1 amide bonds. The number of rotatable bonds is 5. The minimum Gasteiger partial charge on any atom is -0.495 e. The highest BCUT2D eigenvalue weighted by molar-refractivity contribution is 7.89. The van der Waals surface area contributed by atoms with Gasteiger partial charge in [-0.1, -0.05) is 11.6 Å². The Morgan fingerprint density at radius 1 is 1.16 bits per heavy atom. The van der Waals surface area contributed by atoms with Gasteiger partial charge < -0.3 is 10.1 Å². The van der Waals surface area contributed by atoms with Gasteiger partial charge in [-0.3, -0.25) is 4.79 Å². The van der Waals surface area contributed by atoms with Crippen molar-refractivity contribution in [1.82, 2.24) is 9.62 Å². The van der Waals surface area contributed by atoms with Crippen molar-refractivity contribution < 1.29 is 17.9 Å². The number of hydrogen-bond acceptors (Lipinski definition) is 4. The molecule has 1 aromatic rings. The van der Waals surface area contributed by atoms with Gasteiger partial charge in [0.15, 0.2) is 0 Å². The predicted octanol–water partition coefficient (Wildman–Crippen LogP) is 3.83. The fraction of sp³-hybridized carbons (Fsp3) is 0.696. The van der Waals surface area contributed by atoms with Gasteiger partial charge in [0.1, 0.15) is 5.75 Å². The van der Waals surface area contributed by atoms with Gasteiger partial charge in [0, 0.05) is 18.6 Å². The van der Waals surface area contributed by atoms with Crippen LogP contribution in [0.4, 0.5) is 0 Å². The van der Waals surface area contributed by atoms with E-state index < -0.39 is 10.0 Å². The molecule has 1 aromatic carbocycles. The van der Waals surface area contributed by atoms with Gasteiger partial charge in [0.25, 0.3) is 0 Å². The number of ether oxygens (including phenoxy) is 1. The highest BCUT2D eigenvalue weighted by Crippen LogP contribution is 2.55. The summed E-state index contributed by atoms with van der Waals surface area (Å²) in [6.07, 6.45) is 8.70. The third-order valence-electron chi connectivity index (χ3n) is 7.94. The van der Waals surface area contributed by atoms with Gasteiger partial charge in [0.05, 0.1) is 22.9 Å². The molecule has 0 spiro atoms. The van der Waals surface area contributed by atoms with Crippen LogP contribution in [0.25, 0.3) is 0 Å². The zero-order chi connectivity index (χ0) is 21.8. The maximum atomic E-state index is 13.3. The van der Waals surface area contributed by atoms with Gasteiger partial charge >= 0.3 is 0 Å². The lowest BCUT2D eigenvalue weighted by atomic mass is 9.53. The molecule has 4 saturated carbocycles. The number of sulfonamides is 1. The van der Waals surface area contributed by atoms with Crippen LogP contribution in [-0.2, 0) is 14.8 Å². The van der Waals surface area contributed by atoms with E-state index in [0.717, 1.165) is 43.4 Å². The van der Waals surface area contributed by atoms with E-state index >= 15 is 0 Å². The lowest BCUT2D eigenvalue weighted by molar-refractivity contribution is -0.131. The first-order chi connectivity index (χ1) is 14.8. The summed E-state index contributed by atoms with van der Waals surface area (Å²) in [4.78, 5) is 13.4. The van der Waals surface area contributed by atoms with Crippen LogP contribution < -0.4 is 10.1 Å². The average Bonchev–Trinajstić information content (AvgIpc) is 2.72. The van der Waals surface area contributed by atoms with Crippen LogP contribution in [0.5, 0.6) is 5.75 Å². The van der Waals surface area contributed by atoms with E-state index in [0.29, 0.717) is 18.7 Å². The summed E-state index contributed by atoms with van der Waals surface area (Å²) < 4.78 is 33.0. The fourth-order valence-corrected chi connectivity index (χ4v) is 8.83. The number of carbonyl (C=O) groups excluding carboxylic acids is 1. The summed E-state index contributed by atoms with van der Waals surface area (Å²) in [7, 11) is -2.22. The van der Waals surface area contributed by atoms with Crippen LogP contribution in [0.15, 0.2) is 23.1 Å². The number of benzene rings is 1. The fourth-order valence-electron chi connectivity index (χ4n) is 6.96. The Bertz CT molecular complexity index is 945. The molecule has 1 N–H and O–H groups in total. The first kappa shape index (κ1) is 21.5. The summed E-state index contributed by atoms with van der Waals surface area (Å²) in [6.45, 7) is 0.650. The van der Waals surface area contributed by atoms with Gasteiger partial charge in [-0.05, 0) is 87.3 Å². The molecule has 5 fully saturated rings. The van der Waals surface area contributed by atoms with Gasteiger partial charge in [0.2, 0.25) is 15.9 Å². The van der Waals surface area contributed by atoms with Gasteiger partial charge in [-0.2, -0.15) is 4.31 Å². The molecule has 4 aliphatic carbocycles. The number of halogens is 1. The molecule has 1 atom stereocenters. The predicted molar refractivity (Wildman–Crippen MR) is 119 cm³/mol. The number of methoxy groups -OCH3 is 1. The van der Waals surface area contributed by atoms with E-state index in [1.165, 1.54) is 42.8 Å². The normalized spacial score (nSPS) is 35.2. The molecule has 6 rings (SSSR count). The van der Waals surface area contributed by atoms with Crippen molar-refractivity contribution in [2.45, 2.75) is 61.8 Å². The Morgan fingerprint density at radius 2 is 1.81 bits per heavy atom. The molecule has 4 bridgehead atoms. The summed E-state index contributed by atoms with van der Waals surface area (Å²) in [5.74, 6) is 2.45. The van der Waals surface area contributed by atoms with Crippen LogP contribution in [0.1, 0.15) is 51.4 Å². The molecule has 0 radical (unpaired) electrons. The molecule has 1 saturated heterocycles. The summed E-state index contributed by atoms with van der Waals surface area (Å²) in [6, 6.07) is 4.50. The SMILES string of the molecule is COc1ccc(S(=O)(=O)N2CCC[C@@H](C(=O)NC34CC5CC(CC(C5)C3)C4)C2)cc1Cl. The first-order valence-corrected chi connectivity index (χ1v) is 13.3. The van der Waals surface area contributed by atoms with Crippen LogP contribution in [0.2, 0.25) is 5.02 Å². The molecule has 5 aliphatic rings. The van der Waals surface area contributed by atoms with Crippen LogP contribution in [0.3, 0.4) is 0 Å². The second-order valence-electron chi connectivity index (χ2n) is 10.2. The van der Waals surface area contributed by atoms with E-state index in [4.69, 9.17) is 16.3 Å². The van der Waals surface area contributed by atoms with Crippen LogP contribution in [-0.4, -0.2) is 44.4 Å². The van der Waals surface area contributed by atoms with Gasteiger partial charge in [-0.25, -0.2) is 8.42 Å². The van der Waals surface area contributed by atoms with E-state index in [1.807, 2.05) is 0 Å². The number of amides is 1. The number of hydrogen-bond donors (Lipinski definition) is 1. The molecule has 8 heteroatoms. The second-order valence-corrected chi connectivity index (χ2v) is 12.5.